The number of phenolic OH excluding ortho intramolecular Hbond substituents is 1. The number of phenols is 1. The molecule has 30 heavy (non-hydrogen) atoms. The normalized spacial score (nSPS) is 10.8. The van der Waals surface area contributed by atoms with Crippen LogP contribution in [-0.4, -0.2) is 29.6 Å². The van der Waals surface area contributed by atoms with Crippen molar-refractivity contribution in [3.05, 3.63) is 58.8 Å². The molecule has 0 radical (unpaired) electrons. The highest BCUT2D eigenvalue weighted by Gasteiger charge is 2.14. The average Bonchev–Trinajstić information content (AvgIpc) is 2.74. The zero-order chi connectivity index (χ0) is 21.3. The minimum Gasteiger partial charge on any atom is -0.507 e. The van der Waals surface area contributed by atoms with Gasteiger partial charge in [-0.15, -0.1) is 0 Å². The molecule has 7 heteroatoms. The van der Waals surface area contributed by atoms with Gasteiger partial charge in [-0.1, -0.05) is 59.1 Å². The zero-order valence-electron chi connectivity index (χ0n) is 16.4. The van der Waals surface area contributed by atoms with Crippen LogP contribution in [0.4, 0.5) is 0 Å². The maximum atomic E-state index is 12.4. The first-order chi connectivity index (χ1) is 14.6. The number of alkyl halides is 1. The Hall–Kier alpha value is -2.80. The molecule has 158 valence electrons. The molecule has 0 bridgehead atoms. The van der Waals surface area contributed by atoms with E-state index in [1.807, 2.05) is 30.3 Å². The van der Waals surface area contributed by atoms with Gasteiger partial charge in [0.2, 0.25) is 0 Å². The molecule has 0 fully saturated rings. The van der Waals surface area contributed by atoms with E-state index in [9.17, 15) is 14.7 Å². The van der Waals surface area contributed by atoms with Crippen molar-refractivity contribution in [3.8, 4) is 22.8 Å². The van der Waals surface area contributed by atoms with E-state index in [2.05, 4.69) is 15.9 Å². The van der Waals surface area contributed by atoms with E-state index in [0.29, 0.717) is 12.4 Å². The van der Waals surface area contributed by atoms with Crippen molar-refractivity contribution < 1.29 is 23.8 Å². The van der Waals surface area contributed by atoms with Crippen LogP contribution in [0.2, 0.25) is 0 Å². The number of carbonyl (C=O) groups excluding carboxylic acids is 1. The van der Waals surface area contributed by atoms with Crippen LogP contribution in [0.25, 0.3) is 22.3 Å². The molecular formula is C23H23BrO6. The standard InChI is InChI=1S/C23H23BrO6/c24-10-6-1-2-7-11-28-22(27)15-29-17-12-18(25)23-19(26)14-20(30-21(23)13-17)16-8-4-3-5-9-16/h3-5,8-9,12-14,25H,1-2,6-7,10-11,15H2. The first-order valence-corrected chi connectivity index (χ1v) is 10.9. The summed E-state index contributed by atoms with van der Waals surface area (Å²) < 4.78 is 16.4. The Labute approximate surface area is 182 Å². The highest BCUT2D eigenvalue weighted by atomic mass is 79.9. The molecule has 3 aromatic rings. The zero-order valence-corrected chi connectivity index (χ0v) is 18.0. The summed E-state index contributed by atoms with van der Waals surface area (Å²) in [6.07, 6.45) is 4.00. The van der Waals surface area contributed by atoms with Gasteiger partial charge >= 0.3 is 5.97 Å². The number of aromatic hydroxyl groups is 1. The summed E-state index contributed by atoms with van der Waals surface area (Å²) in [7, 11) is 0. The summed E-state index contributed by atoms with van der Waals surface area (Å²) in [4.78, 5) is 24.3. The lowest BCUT2D eigenvalue weighted by atomic mass is 10.1. The molecule has 1 N–H and O–H groups in total. The van der Waals surface area contributed by atoms with Gasteiger partial charge in [0.25, 0.3) is 0 Å². The Morgan fingerprint density at radius 2 is 1.80 bits per heavy atom. The first-order valence-electron chi connectivity index (χ1n) is 9.79. The number of carbonyl (C=O) groups is 1. The summed E-state index contributed by atoms with van der Waals surface area (Å²) in [5, 5.41) is 11.3. The largest absolute Gasteiger partial charge is 0.507 e. The Morgan fingerprint density at radius 1 is 1.03 bits per heavy atom. The third-order valence-electron chi connectivity index (χ3n) is 4.49. The van der Waals surface area contributed by atoms with Crippen LogP contribution in [0, 0.1) is 0 Å². The number of halogens is 1. The predicted octanol–water partition coefficient (Wildman–Crippen LogP) is 5.04. The maximum absolute atomic E-state index is 12.4. The van der Waals surface area contributed by atoms with Gasteiger partial charge in [0.15, 0.2) is 12.0 Å². The highest BCUT2D eigenvalue weighted by Crippen LogP contribution is 2.31. The van der Waals surface area contributed by atoms with Gasteiger partial charge in [-0.2, -0.15) is 0 Å². The van der Waals surface area contributed by atoms with Crippen molar-refractivity contribution in [2.75, 3.05) is 18.5 Å². The van der Waals surface area contributed by atoms with Crippen LogP contribution < -0.4 is 10.2 Å². The van der Waals surface area contributed by atoms with Crippen LogP contribution in [0.15, 0.2) is 57.7 Å². The summed E-state index contributed by atoms with van der Waals surface area (Å²) in [5.74, 6) is -0.169. The summed E-state index contributed by atoms with van der Waals surface area (Å²) in [6, 6.07) is 13.3. The number of esters is 1. The molecule has 0 saturated carbocycles. The Morgan fingerprint density at radius 3 is 2.57 bits per heavy atom. The van der Waals surface area contributed by atoms with Gasteiger partial charge in [-0.3, -0.25) is 4.79 Å². The van der Waals surface area contributed by atoms with Crippen LogP contribution in [0.1, 0.15) is 25.7 Å². The minimum atomic E-state index is -0.491. The molecule has 0 saturated heterocycles. The van der Waals surface area contributed by atoms with E-state index in [1.165, 1.54) is 18.2 Å². The number of ether oxygens (including phenoxy) is 2. The second-order valence-corrected chi connectivity index (χ2v) is 7.56. The smallest absolute Gasteiger partial charge is 0.344 e. The molecule has 0 atom stereocenters. The number of fused-ring (bicyclic) bond motifs is 1. The van der Waals surface area contributed by atoms with Crippen LogP contribution in [0.3, 0.4) is 0 Å². The molecule has 1 heterocycles. The quantitative estimate of drug-likeness (QED) is 0.251. The van der Waals surface area contributed by atoms with Crippen molar-refractivity contribution in [1.29, 1.82) is 0 Å². The van der Waals surface area contributed by atoms with Crippen molar-refractivity contribution in [3.63, 3.8) is 0 Å². The van der Waals surface area contributed by atoms with Gasteiger partial charge < -0.3 is 19.0 Å². The highest BCUT2D eigenvalue weighted by molar-refractivity contribution is 9.09. The van der Waals surface area contributed by atoms with Crippen molar-refractivity contribution >= 4 is 32.9 Å². The third-order valence-corrected chi connectivity index (χ3v) is 5.05. The topological polar surface area (TPSA) is 86.0 Å². The third kappa shape index (κ3) is 5.86. The van der Waals surface area contributed by atoms with Gasteiger partial charge in [0.1, 0.15) is 28.2 Å². The second-order valence-electron chi connectivity index (χ2n) is 6.77. The molecule has 0 aliphatic carbocycles. The van der Waals surface area contributed by atoms with E-state index in [0.717, 1.165) is 36.6 Å². The van der Waals surface area contributed by atoms with Gasteiger partial charge in [-0.25, -0.2) is 4.79 Å². The molecule has 0 aliphatic rings. The Bertz CT molecular complexity index is 1040. The van der Waals surface area contributed by atoms with E-state index < -0.39 is 5.97 Å². The number of unbranched alkanes of at least 4 members (excludes halogenated alkanes) is 3. The van der Waals surface area contributed by atoms with Gasteiger partial charge in [0, 0.05) is 29.1 Å². The first kappa shape index (κ1) is 21.9. The second kappa shape index (κ2) is 10.8. The molecule has 0 unspecified atom stereocenters. The molecule has 0 amide bonds. The van der Waals surface area contributed by atoms with Gasteiger partial charge in [0.05, 0.1) is 6.61 Å². The monoisotopic (exact) mass is 474 g/mol. The summed E-state index contributed by atoms with van der Waals surface area (Å²) >= 11 is 3.38. The van der Waals surface area contributed by atoms with Crippen molar-refractivity contribution in [2.24, 2.45) is 0 Å². The maximum Gasteiger partial charge on any atom is 0.344 e. The van der Waals surface area contributed by atoms with Crippen LogP contribution in [-0.2, 0) is 9.53 Å². The lowest BCUT2D eigenvalue weighted by molar-refractivity contribution is -0.146. The molecule has 1 aromatic heterocycles. The van der Waals surface area contributed by atoms with E-state index in [4.69, 9.17) is 13.9 Å². The molecule has 0 aliphatic heterocycles. The molecule has 3 rings (SSSR count). The lowest BCUT2D eigenvalue weighted by Crippen LogP contribution is -2.15. The summed E-state index contributed by atoms with van der Waals surface area (Å²) in [5.41, 5.74) is 0.553. The fourth-order valence-electron chi connectivity index (χ4n) is 2.99. The van der Waals surface area contributed by atoms with E-state index >= 15 is 0 Å². The molecular weight excluding hydrogens is 452 g/mol. The summed E-state index contributed by atoms with van der Waals surface area (Å²) in [6.45, 7) is 0.0533. The number of rotatable bonds is 10. The van der Waals surface area contributed by atoms with Crippen molar-refractivity contribution in [1.82, 2.24) is 0 Å². The lowest BCUT2D eigenvalue weighted by Gasteiger charge is -2.09. The van der Waals surface area contributed by atoms with E-state index in [-0.39, 0.29) is 34.5 Å². The SMILES string of the molecule is O=C(COc1cc(O)c2c(=O)cc(-c3ccccc3)oc2c1)OCCCCCCBr. The van der Waals surface area contributed by atoms with Gasteiger partial charge in [-0.05, 0) is 12.8 Å². The minimum absolute atomic E-state index is 0.0630. The number of hydrogen-bond donors (Lipinski definition) is 1. The van der Waals surface area contributed by atoms with Crippen LogP contribution >= 0.6 is 15.9 Å². The van der Waals surface area contributed by atoms with E-state index in [1.54, 1.807) is 0 Å². The Balaban J connectivity index is 1.67. The fourth-order valence-corrected chi connectivity index (χ4v) is 3.39. The van der Waals surface area contributed by atoms with Crippen LogP contribution in [0.5, 0.6) is 11.5 Å². The number of benzene rings is 2. The number of hydrogen-bond acceptors (Lipinski definition) is 6. The molecule has 0 spiro atoms. The Kier molecular flexibility index (Phi) is 7.90. The average molecular weight is 475 g/mol. The predicted molar refractivity (Wildman–Crippen MR) is 118 cm³/mol. The van der Waals surface area contributed by atoms with Crippen molar-refractivity contribution in [2.45, 2.75) is 25.7 Å². The molecule has 6 nitrogen and oxygen atoms in total. The molecule has 2 aromatic carbocycles. The fraction of sp³-hybridized carbons (Fsp3) is 0.304.